The van der Waals surface area contributed by atoms with Crippen molar-refractivity contribution in [2.45, 2.75) is 38.8 Å². The largest absolute Gasteiger partial charge is 0.333 e. The highest BCUT2D eigenvalue weighted by atomic mass is 32.2. The third kappa shape index (κ3) is 4.26. The van der Waals surface area contributed by atoms with E-state index < -0.39 is 0 Å². The van der Waals surface area contributed by atoms with E-state index in [0.717, 1.165) is 12.2 Å². The fraction of sp³-hybridized carbons (Fsp3) is 0.727. The van der Waals surface area contributed by atoms with Crippen LogP contribution in [0, 0.1) is 0 Å². The molecule has 0 saturated carbocycles. The van der Waals surface area contributed by atoms with Crippen molar-refractivity contribution in [2.75, 3.05) is 12.0 Å². The van der Waals surface area contributed by atoms with Crippen molar-refractivity contribution < 1.29 is 0 Å². The highest BCUT2D eigenvalue weighted by Crippen LogP contribution is 2.10. The molecule has 0 saturated heterocycles. The molecular formula is C11H21N3S. The first kappa shape index (κ1) is 12.6. The van der Waals surface area contributed by atoms with Gasteiger partial charge in [0.25, 0.3) is 0 Å². The molecule has 1 atom stereocenters. The third-order valence-electron chi connectivity index (χ3n) is 2.46. The zero-order valence-electron chi connectivity index (χ0n) is 9.65. The van der Waals surface area contributed by atoms with Crippen molar-refractivity contribution >= 4 is 11.8 Å². The molecule has 0 unspecified atom stereocenters. The molecule has 3 nitrogen and oxygen atoms in total. The minimum absolute atomic E-state index is 0.0821. The molecule has 1 rings (SSSR count). The summed E-state index contributed by atoms with van der Waals surface area (Å²) in [5.41, 5.74) is 6.99. The molecule has 4 heteroatoms. The van der Waals surface area contributed by atoms with Crippen LogP contribution in [-0.2, 0) is 6.54 Å². The maximum absolute atomic E-state index is 5.85. The van der Waals surface area contributed by atoms with Crippen LogP contribution in [0.5, 0.6) is 0 Å². The predicted octanol–water partition coefficient (Wildman–Crippen LogP) is 2.44. The summed E-state index contributed by atoms with van der Waals surface area (Å²) in [5.74, 6) is 1.27. The SMILES string of the molecule is CSCCCCCn1cncc1[C@H](C)N. The number of imidazole rings is 1. The van der Waals surface area contributed by atoms with Gasteiger partial charge in [-0.3, -0.25) is 0 Å². The van der Waals surface area contributed by atoms with Crippen LogP contribution in [0.2, 0.25) is 0 Å². The topological polar surface area (TPSA) is 43.8 Å². The first-order valence-corrected chi connectivity index (χ1v) is 6.89. The molecule has 15 heavy (non-hydrogen) atoms. The average Bonchev–Trinajstić information content (AvgIpc) is 2.66. The summed E-state index contributed by atoms with van der Waals surface area (Å²) >= 11 is 1.92. The Kier molecular flexibility index (Phi) is 5.79. The molecule has 1 heterocycles. The summed E-state index contributed by atoms with van der Waals surface area (Å²) in [4.78, 5) is 4.14. The number of thioether (sulfide) groups is 1. The van der Waals surface area contributed by atoms with Crippen molar-refractivity contribution in [3.63, 3.8) is 0 Å². The van der Waals surface area contributed by atoms with Crippen molar-refractivity contribution in [1.29, 1.82) is 0 Å². The highest BCUT2D eigenvalue weighted by molar-refractivity contribution is 7.98. The average molecular weight is 227 g/mol. The number of hydrogen-bond donors (Lipinski definition) is 1. The molecule has 0 spiro atoms. The van der Waals surface area contributed by atoms with Crippen molar-refractivity contribution in [3.8, 4) is 0 Å². The molecule has 0 bridgehead atoms. The maximum Gasteiger partial charge on any atom is 0.0948 e. The Morgan fingerprint density at radius 3 is 2.93 bits per heavy atom. The number of aryl methyl sites for hydroxylation is 1. The monoisotopic (exact) mass is 227 g/mol. The van der Waals surface area contributed by atoms with E-state index >= 15 is 0 Å². The smallest absolute Gasteiger partial charge is 0.0948 e. The molecule has 1 aromatic heterocycles. The minimum Gasteiger partial charge on any atom is -0.333 e. The van der Waals surface area contributed by atoms with E-state index in [0.29, 0.717) is 0 Å². The summed E-state index contributed by atoms with van der Waals surface area (Å²) in [7, 11) is 0. The van der Waals surface area contributed by atoms with Gasteiger partial charge < -0.3 is 10.3 Å². The summed E-state index contributed by atoms with van der Waals surface area (Å²) in [6, 6.07) is 0.0821. The first-order valence-electron chi connectivity index (χ1n) is 5.50. The van der Waals surface area contributed by atoms with Crippen molar-refractivity contribution in [3.05, 3.63) is 18.2 Å². The van der Waals surface area contributed by atoms with E-state index in [9.17, 15) is 0 Å². The lowest BCUT2D eigenvalue weighted by molar-refractivity contribution is 0.569. The van der Waals surface area contributed by atoms with Crippen LogP contribution in [0.4, 0.5) is 0 Å². The molecule has 1 aromatic rings. The second kappa shape index (κ2) is 6.90. The summed E-state index contributed by atoms with van der Waals surface area (Å²) < 4.78 is 2.17. The molecule has 0 aromatic carbocycles. The van der Waals surface area contributed by atoms with E-state index in [1.807, 2.05) is 31.2 Å². The van der Waals surface area contributed by atoms with Gasteiger partial charge in [-0.2, -0.15) is 11.8 Å². The van der Waals surface area contributed by atoms with Gasteiger partial charge in [-0.05, 0) is 31.8 Å². The van der Waals surface area contributed by atoms with E-state index in [2.05, 4.69) is 15.8 Å². The number of nitrogens with two attached hydrogens (primary N) is 1. The second-order valence-electron chi connectivity index (χ2n) is 3.85. The van der Waals surface area contributed by atoms with E-state index in [4.69, 9.17) is 5.73 Å². The normalized spacial score (nSPS) is 13.0. The summed E-state index contributed by atoms with van der Waals surface area (Å²) in [5, 5.41) is 0. The predicted molar refractivity (Wildman–Crippen MR) is 67.1 cm³/mol. The van der Waals surface area contributed by atoms with Crippen LogP contribution in [0.15, 0.2) is 12.5 Å². The molecule has 0 aliphatic carbocycles. The zero-order chi connectivity index (χ0) is 11.1. The number of aromatic nitrogens is 2. The number of rotatable bonds is 7. The van der Waals surface area contributed by atoms with Gasteiger partial charge in [0.2, 0.25) is 0 Å². The van der Waals surface area contributed by atoms with Gasteiger partial charge in [-0.1, -0.05) is 6.42 Å². The molecule has 0 aliphatic heterocycles. The highest BCUT2D eigenvalue weighted by Gasteiger charge is 2.05. The quantitative estimate of drug-likeness (QED) is 0.728. The Hall–Kier alpha value is -0.480. The third-order valence-corrected chi connectivity index (χ3v) is 3.16. The lowest BCUT2D eigenvalue weighted by Crippen LogP contribution is -2.11. The summed E-state index contributed by atoms with van der Waals surface area (Å²) in [6.07, 6.45) is 9.72. The van der Waals surface area contributed by atoms with Gasteiger partial charge in [0, 0.05) is 18.8 Å². The van der Waals surface area contributed by atoms with Crippen LogP contribution >= 0.6 is 11.8 Å². The van der Waals surface area contributed by atoms with Crippen LogP contribution in [0.25, 0.3) is 0 Å². The molecule has 0 radical (unpaired) electrons. The van der Waals surface area contributed by atoms with E-state index in [1.165, 1.54) is 25.0 Å². The number of hydrogen-bond acceptors (Lipinski definition) is 3. The standard InChI is InChI=1S/C11H21N3S/c1-10(12)11-8-13-9-14(11)6-4-3-5-7-15-2/h8-10H,3-7,12H2,1-2H3/t10-/m0/s1. The fourth-order valence-corrected chi connectivity index (χ4v) is 2.10. The molecular weight excluding hydrogens is 206 g/mol. The minimum atomic E-state index is 0.0821. The van der Waals surface area contributed by atoms with Gasteiger partial charge in [-0.25, -0.2) is 4.98 Å². The second-order valence-corrected chi connectivity index (χ2v) is 4.84. The fourth-order valence-electron chi connectivity index (χ4n) is 1.60. The number of unbranched alkanes of at least 4 members (excludes halogenated alkanes) is 2. The Bertz CT molecular complexity index is 271. The van der Waals surface area contributed by atoms with Gasteiger partial charge in [0.05, 0.1) is 12.0 Å². The van der Waals surface area contributed by atoms with E-state index in [-0.39, 0.29) is 6.04 Å². The van der Waals surface area contributed by atoms with Gasteiger partial charge in [0.1, 0.15) is 0 Å². The molecule has 0 amide bonds. The van der Waals surface area contributed by atoms with Crippen molar-refractivity contribution in [2.24, 2.45) is 5.73 Å². The molecule has 86 valence electrons. The Labute approximate surface area is 96.5 Å². The maximum atomic E-state index is 5.85. The molecule has 0 aliphatic rings. The molecule has 0 fully saturated rings. The van der Waals surface area contributed by atoms with Gasteiger partial charge in [-0.15, -0.1) is 0 Å². The molecule has 2 N–H and O–H groups in total. The summed E-state index contributed by atoms with van der Waals surface area (Å²) in [6.45, 7) is 3.05. The van der Waals surface area contributed by atoms with E-state index in [1.54, 1.807) is 0 Å². The van der Waals surface area contributed by atoms with Crippen LogP contribution in [0.1, 0.15) is 37.9 Å². The zero-order valence-corrected chi connectivity index (χ0v) is 10.5. The van der Waals surface area contributed by atoms with Crippen LogP contribution in [-0.4, -0.2) is 21.6 Å². The first-order chi connectivity index (χ1) is 7.25. The Balaban J connectivity index is 2.28. The van der Waals surface area contributed by atoms with Gasteiger partial charge >= 0.3 is 0 Å². The Morgan fingerprint density at radius 1 is 1.47 bits per heavy atom. The Morgan fingerprint density at radius 2 is 2.27 bits per heavy atom. The van der Waals surface area contributed by atoms with Crippen LogP contribution in [0.3, 0.4) is 0 Å². The lowest BCUT2D eigenvalue weighted by atomic mass is 10.2. The van der Waals surface area contributed by atoms with Crippen LogP contribution < -0.4 is 5.73 Å². The van der Waals surface area contributed by atoms with Crippen molar-refractivity contribution in [1.82, 2.24) is 9.55 Å². The number of nitrogens with zero attached hydrogens (tertiary/aromatic N) is 2. The lowest BCUT2D eigenvalue weighted by Gasteiger charge is -2.10. The van der Waals surface area contributed by atoms with Gasteiger partial charge in [0.15, 0.2) is 0 Å².